The highest BCUT2D eigenvalue weighted by Crippen LogP contribution is 2.22. The predicted octanol–water partition coefficient (Wildman–Crippen LogP) is 3.80. The van der Waals surface area contributed by atoms with E-state index in [1.807, 2.05) is 29.0 Å². The number of hydrogen-bond donors (Lipinski definition) is 1. The minimum atomic E-state index is -0.938. The van der Waals surface area contributed by atoms with E-state index in [1.165, 1.54) is 0 Å². The summed E-state index contributed by atoms with van der Waals surface area (Å²) in [4.78, 5) is 10.9. The number of halogens is 1. The molecule has 3 nitrogen and oxygen atoms in total. The summed E-state index contributed by atoms with van der Waals surface area (Å²) in [6.45, 7) is -0.478. The Morgan fingerprint density at radius 2 is 1.85 bits per heavy atom. The van der Waals surface area contributed by atoms with Gasteiger partial charge >= 0.3 is 5.97 Å². The minimum absolute atomic E-state index is 0.267. The van der Waals surface area contributed by atoms with Crippen LogP contribution in [0.5, 0.6) is 0 Å². The lowest BCUT2D eigenvalue weighted by Gasteiger charge is -2.06. The maximum Gasteiger partial charge on any atom is 0.335 e. The van der Waals surface area contributed by atoms with Gasteiger partial charge in [-0.25, -0.2) is 9.18 Å². The molecule has 0 radical (unpaired) electrons. The van der Waals surface area contributed by atoms with Crippen LogP contribution in [-0.2, 0) is 6.67 Å². The van der Waals surface area contributed by atoms with E-state index in [4.69, 9.17) is 5.11 Å². The number of aromatic carboxylic acids is 1. The van der Waals surface area contributed by atoms with Crippen molar-refractivity contribution in [3.05, 3.63) is 65.9 Å². The molecule has 0 aliphatic carbocycles. The van der Waals surface area contributed by atoms with Gasteiger partial charge in [-0.3, -0.25) is 0 Å². The molecule has 0 spiro atoms. The number of carboxylic acid groups (broad SMARTS) is 1. The Balaban J connectivity index is 2.09. The average Bonchev–Trinajstić information content (AvgIpc) is 2.90. The largest absolute Gasteiger partial charge is 0.478 e. The monoisotopic (exact) mass is 269 g/mol. The van der Waals surface area contributed by atoms with Crippen molar-refractivity contribution in [2.75, 3.05) is 0 Å². The first-order valence-electron chi connectivity index (χ1n) is 6.19. The van der Waals surface area contributed by atoms with Crippen molar-refractivity contribution in [3.8, 4) is 5.69 Å². The molecule has 3 aromatic rings. The molecular formula is C16H12FNO2. The van der Waals surface area contributed by atoms with Gasteiger partial charge in [0.25, 0.3) is 0 Å². The number of nitrogens with zero attached hydrogens (tertiary/aromatic N) is 1. The molecule has 2 aromatic carbocycles. The van der Waals surface area contributed by atoms with E-state index in [0.717, 1.165) is 16.6 Å². The maximum absolute atomic E-state index is 12.5. The van der Waals surface area contributed by atoms with E-state index < -0.39 is 12.6 Å². The Hall–Kier alpha value is -2.62. The molecule has 0 saturated carbocycles. The molecule has 0 bridgehead atoms. The number of benzene rings is 2. The molecule has 1 aromatic heterocycles. The molecule has 0 aliphatic heterocycles. The summed E-state index contributed by atoms with van der Waals surface area (Å²) < 4.78 is 14.5. The van der Waals surface area contributed by atoms with Crippen LogP contribution in [0.1, 0.15) is 15.9 Å². The van der Waals surface area contributed by atoms with Gasteiger partial charge in [0, 0.05) is 17.3 Å². The Bertz CT molecular complexity index is 775. The number of carboxylic acids is 1. The van der Waals surface area contributed by atoms with Crippen LogP contribution in [0.15, 0.2) is 54.7 Å². The van der Waals surface area contributed by atoms with Crippen LogP contribution in [0, 0.1) is 0 Å². The Morgan fingerprint density at radius 3 is 2.50 bits per heavy atom. The fraction of sp³-hybridized carbons (Fsp3) is 0.0625. The van der Waals surface area contributed by atoms with Gasteiger partial charge in [0.2, 0.25) is 0 Å². The zero-order valence-electron chi connectivity index (χ0n) is 10.6. The van der Waals surface area contributed by atoms with E-state index in [-0.39, 0.29) is 5.56 Å². The van der Waals surface area contributed by atoms with Crippen LogP contribution in [0.25, 0.3) is 16.6 Å². The lowest BCUT2D eigenvalue weighted by atomic mass is 10.1. The fourth-order valence-corrected chi connectivity index (χ4v) is 2.25. The Labute approximate surface area is 114 Å². The second-order valence-corrected chi connectivity index (χ2v) is 4.56. The summed E-state index contributed by atoms with van der Waals surface area (Å²) in [5, 5.41) is 9.84. The van der Waals surface area contributed by atoms with Gasteiger partial charge in [-0.15, -0.1) is 0 Å². The molecule has 0 fully saturated rings. The van der Waals surface area contributed by atoms with Crippen molar-refractivity contribution in [2.45, 2.75) is 6.67 Å². The van der Waals surface area contributed by atoms with Gasteiger partial charge in [-0.05, 0) is 42.0 Å². The number of alkyl halides is 1. The molecule has 0 atom stereocenters. The van der Waals surface area contributed by atoms with Gasteiger partial charge in [0.15, 0.2) is 0 Å². The maximum atomic E-state index is 12.5. The first-order chi connectivity index (χ1) is 9.69. The van der Waals surface area contributed by atoms with Gasteiger partial charge in [-0.2, -0.15) is 0 Å². The van der Waals surface area contributed by atoms with E-state index in [0.29, 0.717) is 5.56 Å². The lowest BCUT2D eigenvalue weighted by molar-refractivity contribution is 0.0697. The van der Waals surface area contributed by atoms with E-state index in [2.05, 4.69) is 0 Å². The van der Waals surface area contributed by atoms with Crippen molar-refractivity contribution >= 4 is 16.9 Å². The number of hydrogen-bond acceptors (Lipinski definition) is 1. The van der Waals surface area contributed by atoms with Crippen molar-refractivity contribution in [1.29, 1.82) is 0 Å². The molecule has 0 saturated heterocycles. The molecule has 0 aliphatic rings. The summed E-state index contributed by atoms with van der Waals surface area (Å²) in [7, 11) is 0. The minimum Gasteiger partial charge on any atom is -0.478 e. The molecule has 1 N–H and O–H groups in total. The zero-order valence-corrected chi connectivity index (χ0v) is 10.6. The van der Waals surface area contributed by atoms with Gasteiger partial charge in [0.05, 0.1) is 11.1 Å². The van der Waals surface area contributed by atoms with Crippen molar-refractivity contribution in [3.63, 3.8) is 0 Å². The first-order valence-corrected chi connectivity index (χ1v) is 6.19. The SMILES string of the molecule is O=C(O)c1ccc2c(ccn2-c2ccc(CF)cc2)c1. The zero-order chi connectivity index (χ0) is 14.1. The van der Waals surface area contributed by atoms with Gasteiger partial charge in [-0.1, -0.05) is 12.1 Å². The predicted molar refractivity (Wildman–Crippen MR) is 75.0 cm³/mol. The van der Waals surface area contributed by atoms with E-state index >= 15 is 0 Å². The van der Waals surface area contributed by atoms with Crippen LogP contribution in [0.4, 0.5) is 4.39 Å². The molecule has 0 amide bonds. The molecule has 3 rings (SSSR count). The number of carbonyl (C=O) groups is 1. The average molecular weight is 269 g/mol. The summed E-state index contributed by atoms with van der Waals surface area (Å²) in [5.41, 5.74) is 2.74. The molecule has 4 heteroatoms. The highest BCUT2D eigenvalue weighted by Gasteiger charge is 2.07. The standard InChI is InChI=1S/C16H12FNO2/c17-10-11-1-4-14(5-2-11)18-8-7-12-9-13(16(19)20)3-6-15(12)18/h1-9H,10H2,(H,19,20). The third-order valence-electron chi connectivity index (χ3n) is 3.31. The summed E-state index contributed by atoms with van der Waals surface area (Å²) in [6.07, 6.45) is 1.88. The van der Waals surface area contributed by atoms with Crippen molar-refractivity contribution < 1.29 is 14.3 Å². The van der Waals surface area contributed by atoms with Crippen LogP contribution in [-0.4, -0.2) is 15.6 Å². The van der Waals surface area contributed by atoms with Crippen LogP contribution in [0.2, 0.25) is 0 Å². The molecule has 100 valence electrons. The van der Waals surface area contributed by atoms with Crippen LogP contribution in [0.3, 0.4) is 0 Å². The van der Waals surface area contributed by atoms with Gasteiger partial charge < -0.3 is 9.67 Å². The fourth-order valence-electron chi connectivity index (χ4n) is 2.25. The van der Waals surface area contributed by atoms with Crippen molar-refractivity contribution in [1.82, 2.24) is 4.57 Å². The van der Waals surface area contributed by atoms with Crippen molar-refractivity contribution in [2.24, 2.45) is 0 Å². The smallest absolute Gasteiger partial charge is 0.335 e. The molecule has 0 unspecified atom stereocenters. The van der Waals surface area contributed by atoms with Crippen LogP contribution < -0.4 is 0 Å². The number of aromatic nitrogens is 1. The summed E-state index contributed by atoms with van der Waals surface area (Å²) >= 11 is 0. The highest BCUT2D eigenvalue weighted by molar-refractivity contribution is 5.94. The molecular weight excluding hydrogens is 257 g/mol. The van der Waals surface area contributed by atoms with Crippen LogP contribution >= 0.6 is 0 Å². The Kier molecular flexibility index (Phi) is 2.99. The molecule has 20 heavy (non-hydrogen) atoms. The third kappa shape index (κ3) is 2.05. The molecule has 1 heterocycles. The third-order valence-corrected chi connectivity index (χ3v) is 3.31. The van der Waals surface area contributed by atoms with E-state index in [9.17, 15) is 9.18 Å². The normalized spacial score (nSPS) is 10.8. The van der Waals surface area contributed by atoms with E-state index in [1.54, 1.807) is 30.3 Å². The second-order valence-electron chi connectivity index (χ2n) is 4.56. The summed E-state index contributed by atoms with van der Waals surface area (Å²) in [5.74, 6) is -0.938. The lowest BCUT2D eigenvalue weighted by Crippen LogP contribution is -1.96. The quantitative estimate of drug-likeness (QED) is 0.785. The first kappa shape index (κ1) is 12.4. The highest BCUT2D eigenvalue weighted by atomic mass is 19.1. The summed E-state index contributed by atoms with van der Waals surface area (Å²) in [6, 6.07) is 14.0. The topological polar surface area (TPSA) is 42.2 Å². The van der Waals surface area contributed by atoms with Gasteiger partial charge in [0.1, 0.15) is 6.67 Å². The second kappa shape index (κ2) is 4.81. The number of fused-ring (bicyclic) bond motifs is 1. The number of rotatable bonds is 3. The Morgan fingerprint density at radius 1 is 1.10 bits per heavy atom.